The Kier molecular flexibility index (Phi) is 4.65. The molecule has 84 valence electrons. The first-order valence-electron chi connectivity index (χ1n) is 4.46. The molecule has 0 fully saturated rings. The van der Waals surface area contributed by atoms with E-state index in [1.54, 1.807) is 18.2 Å². The van der Waals surface area contributed by atoms with Crippen molar-refractivity contribution in [2.75, 3.05) is 18.1 Å². The molecule has 0 radical (unpaired) electrons. The van der Waals surface area contributed by atoms with E-state index in [0.717, 1.165) is 4.90 Å². The summed E-state index contributed by atoms with van der Waals surface area (Å²) in [7, 11) is 0. The third-order valence-corrected chi connectivity index (χ3v) is 2.02. The number of carbonyl (C=O) groups is 1. The Hall–Kier alpha value is -1.70. The van der Waals surface area contributed by atoms with Gasteiger partial charge in [0.1, 0.15) is 12.7 Å². The molecule has 0 saturated carbocycles. The molecule has 0 bridgehead atoms. The Balaban J connectivity index is 2.89. The molecule has 4 nitrogen and oxygen atoms in total. The monoisotopic (exact) mass is 238 g/mol. The highest BCUT2D eigenvalue weighted by molar-refractivity contribution is 6.30. The van der Waals surface area contributed by atoms with Gasteiger partial charge in [-0.2, -0.15) is 0 Å². The summed E-state index contributed by atoms with van der Waals surface area (Å²) in [4.78, 5) is 11.8. The first-order valence-corrected chi connectivity index (χ1v) is 4.83. The summed E-state index contributed by atoms with van der Waals surface area (Å²) >= 11 is 5.74. The standard InChI is InChI=1S/C11H10ClNO3/c12-9-4-3-5-10(8-9)13(11(15)16)6-1-2-7-14/h3-5,8,14H,6-7H2,(H,15,16)/p-1. The first-order chi connectivity index (χ1) is 7.65. The lowest BCUT2D eigenvalue weighted by Crippen LogP contribution is -2.41. The lowest BCUT2D eigenvalue weighted by molar-refractivity contribution is -0.246. The lowest BCUT2D eigenvalue weighted by Gasteiger charge is -2.22. The van der Waals surface area contributed by atoms with Gasteiger partial charge < -0.3 is 19.9 Å². The molecule has 0 spiro atoms. The zero-order chi connectivity index (χ0) is 12.0. The molecule has 1 N–H and O–H groups in total. The molecule has 1 aromatic carbocycles. The predicted molar refractivity (Wildman–Crippen MR) is 59.1 cm³/mol. The second-order valence-electron chi connectivity index (χ2n) is 2.84. The predicted octanol–water partition coefficient (Wildman–Crippen LogP) is 0.485. The SMILES string of the molecule is O=C([O-])N(CC#CCO)c1cccc(Cl)c1. The fraction of sp³-hybridized carbons (Fsp3) is 0.182. The Morgan fingerprint density at radius 2 is 2.25 bits per heavy atom. The zero-order valence-corrected chi connectivity index (χ0v) is 9.07. The van der Waals surface area contributed by atoms with Crippen molar-refractivity contribution in [2.45, 2.75) is 0 Å². The molecule has 16 heavy (non-hydrogen) atoms. The summed E-state index contributed by atoms with van der Waals surface area (Å²) in [6, 6.07) is 6.35. The Morgan fingerprint density at radius 3 is 2.81 bits per heavy atom. The number of hydrogen-bond acceptors (Lipinski definition) is 3. The van der Waals surface area contributed by atoms with Crippen LogP contribution in [0.3, 0.4) is 0 Å². The van der Waals surface area contributed by atoms with Gasteiger partial charge in [-0.15, -0.1) is 0 Å². The summed E-state index contributed by atoms with van der Waals surface area (Å²) in [5.41, 5.74) is 0.389. The van der Waals surface area contributed by atoms with E-state index in [-0.39, 0.29) is 13.2 Å². The van der Waals surface area contributed by atoms with Crippen molar-refractivity contribution in [3.63, 3.8) is 0 Å². The molecule has 5 heteroatoms. The topological polar surface area (TPSA) is 63.6 Å². The van der Waals surface area contributed by atoms with Gasteiger partial charge in [-0.3, -0.25) is 0 Å². The van der Waals surface area contributed by atoms with Gasteiger partial charge in [0.05, 0.1) is 6.54 Å². The number of aliphatic hydroxyl groups is 1. The number of benzene rings is 1. The van der Waals surface area contributed by atoms with Crippen molar-refractivity contribution in [3.05, 3.63) is 29.3 Å². The zero-order valence-electron chi connectivity index (χ0n) is 8.31. The van der Waals surface area contributed by atoms with Crippen molar-refractivity contribution in [2.24, 2.45) is 0 Å². The van der Waals surface area contributed by atoms with Crippen LogP contribution in [0.15, 0.2) is 24.3 Å². The lowest BCUT2D eigenvalue weighted by atomic mass is 10.3. The van der Waals surface area contributed by atoms with Crippen molar-refractivity contribution < 1.29 is 15.0 Å². The van der Waals surface area contributed by atoms with Crippen LogP contribution in [0.2, 0.25) is 5.02 Å². The van der Waals surface area contributed by atoms with Crippen LogP contribution in [0.25, 0.3) is 0 Å². The summed E-state index contributed by atoms with van der Waals surface area (Å²) in [5, 5.41) is 19.7. The van der Waals surface area contributed by atoms with Gasteiger partial charge in [0, 0.05) is 10.7 Å². The summed E-state index contributed by atoms with van der Waals surface area (Å²) in [6.07, 6.45) is -1.37. The number of amides is 1. The van der Waals surface area contributed by atoms with Crippen molar-refractivity contribution in [1.29, 1.82) is 0 Å². The minimum Gasteiger partial charge on any atom is -0.530 e. The Labute approximate surface area is 98.1 Å². The minimum atomic E-state index is -1.37. The average Bonchev–Trinajstić information content (AvgIpc) is 2.24. The third kappa shape index (κ3) is 3.46. The van der Waals surface area contributed by atoms with Gasteiger partial charge in [-0.05, 0) is 18.2 Å². The molecule has 1 aromatic rings. The van der Waals surface area contributed by atoms with Gasteiger partial charge in [-0.1, -0.05) is 29.5 Å². The van der Waals surface area contributed by atoms with Crippen molar-refractivity contribution in [3.8, 4) is 11.8 Å². The van der Waals surface area contributed by atoms with Gasteiger partial charge in [0.15, 0.2) is 0 Å². The second-order valence-corrected chi connectivity index (χ2v) is 3.28. The van der Waals surface area contributed by atoms with Crippen LogP contribution in [-0.4, -0.2) is 24.4 Å². The summed E-state index contributed by atoms with van der Waals surface area (Å²) < 4.78 is 0. The normalized spacial score (nSPS) is 9.12. The Bertz CT molecular complexity index is 436. The molecule has 0 atom stereocenters. The maximum atomic E-state index is 10.8. The molecular formula is C11H9ClNO3-. The summed E-state index contributed by atoms with van der Waals surface area (Å²) in [5.74, 6) is 4.85. The van der Waals surface area contributed by atoms with Gasteiger partial charge in [0.2, 0.25) is 0 Å². The fourth-order valence-electron chi connectivity index (χ4n) is 1.10. The maximum Gasteiger partial charge on any atom is 0.142 e. The van der Waals surface area contributed by atoms with Crippen molar-refractivity contribution in [1.82, 2.24) is 0 Å². The summed E-state index contributed by atoms with van der Waals surface area (Å²) in [6.45, 7) is -0.375. The quantitative estimate of drug-likeness (QED) is 0.763. The van der Waals surface area contributed by atoms with E-state index >= 15 is 0 Å². The highest BCUT2D eigenvalue weighted by atomic mass is 35.5. The van der Waals surface area contributed by atoms with E-state index in [1.807, 2.05) is 0 Å². The van der Waals surface area contributed by atoms with Crippen LogP contribution in [-0.2, 0) is 0 Å². The highest BCUT2D eigenvalue weighted by Crippen LogP contribution is 2.18. The number of rotatable bonds is 2. The second kappa shape index (κ2) is 6.01. The molecule has 0 aliphatic rings. The third-order valence-electron chi connectivity index (χ3n) is 1.78. The molecular weight excluding hydrogens is 230 g/mol. The van der Waals surface area contributed by atoms with Gasteiger partial charge in [0.25, 0.3) is 0 Å². The Morgan fingerprint density at radius 1 is 1.50 bits per heavy atom. The number of halogens is 1. The molecule has 1 amide bonds. The molecule has 0 aromatic heterocycles. The van der Waals surface area contributed by atoms with Crippen LogP contribution < -0.4 is 10.0 Å². The number of carbonyl (C=O) groups excluding carboxylic acids is 1. The number of anilines is 1. The van der Waals surface area contributed by atoms with Gasteiger partial charge in [-0.25, -0.2) is 0 Å². The molecule has 0 heterocycles. The average molecular weight is 239 g/mol. The highest BCUT2D eigenvalue weighted by Gasteiger charge is 2.05. The minimum absolute atomic E-state index is 0.0662. The van der Waals surface area contributed by atoms with E-state index in [4.69, 9.17) is 16.7 Å². The van der Waals surface area contributed by atoms with E-state index in [0.29, 0.717) is 10.7 Å². The van der Waals surface area contributed by atoms with Crippen LogP contribution in [0, 0.1) is 11.8 Å². The largest absolute Gasteiger partial charge is 0.530 e. The van der Waals surface area contributed by atoms with E-state index in [1.165, 1.54) is 6.07 Å². The molecule has 0 aliphatic heterocycles. The van der Waals surface area contributed by atoms with E-state index in [2.05, 4.69) is 11.8 Å². The number of carboxylic acid groups (broad SMARTS) is 1. The first kappa shape index (κ1) is 12.4. The van der Waals surface area contributed by atoms with Crippen LogP contribution >= 0.6 is 11.6 Å². The fourth-order valence-corrected chi connectivity index (χ4v) is 1.28. The van der Waals surface area contributed by atoms with Crippen molar-refractivity contribution >= 4 is 23.4 Å². The smallest absolute Gasteiger partial charge is 0.142 e. The number of nitrogens with zero attached hydrogens (tertiary/aromatic N) is 1. The van der Waals surface area contributed by atoms with Crippen LogP contribution in [0.5, 0.6) is 0 Å². The molecule has 0 saturated heterocycles. The molecule has 1 rings (SSSR count). The maximum absolute atomic E-state index is 10.8. The van der Waals surface area contributed by atoms with Gasteiger partial charge >= 0.3 is 0 Å². The number of aliphatic hydroxyl groups excluding tert-OH is 1. The molecule has 0 unspecified atom stereocenters. The van der Waals surface area contributed by atoms with Crippen LogP contribution in [0.4, 0.5) is 10.5 Å². The van der Waals surface area contributed by atoms with Crippen LogP contribution in [0.1, 0.15) is 0 Å². The number of hydrogen-bond donors (Lipinski definition) is 1. The van der Waals surface area contributed by atoms with E-state index < -0.39 is 6.09 Å². The van der Waals surface area contributed by atoms with E-state index in [9.17, 15) is 9.90 Å². The molecule has 0 aliphatic carbocycles.